The smallest absolute Gasteiger partial charge is 0.161 e. The molecule has 0 spiro atoms. The third kappa shape index (κ3) is 2.33. The number of nitrogens with two attached hydrogens (primary N) is 1. The van der Waals surface area contributed by atoms with Gasteiger partial charge < -0.3 is 10.5 Å². The average Bonchev–Trinajstić information content (AvgIpc) is 2.38. The van der Waals surface area contributed by atoms with E-state index in [1.54, 1.807) is 14.0 Å². The number of anilines is 1. The van der Waals surface area contributed by atoms with Gasteiger partial charge in [-0.3, -0.25) is 0 Å². The third-order valence-electron chi connectivity index (χ3n) is 2.88. The van der Waals surface area contributed by atoms with E-state index in [1.807, 2.05) is 31.2 Å². The molecule has 19 heavy (non-hydrogen) atoms. The molecule has 5 nitrogen and oxygen atoms in total. The van der Waals surface area contributed by atoms with Crippen LogP contribution in [0.1, 0.15) is 16.8 Å². The second-order valence-corrected chi connectivity index (χ2v) is 4.19. The summed E-state index contributed by atoms with van der Waals surface area (Å²) in [7, 11) is 1.63. The van der Waals surface area contributed by atoms with Crippen molar-refractivity contribution in [3.63, 3.8) is 0 Å². The van der Waals surface area contributed by atoms with Crippen LogP contribution in [0.3, 0.4) is 0 Å². The van der Waals surface area contributed by atoms with Crippen molar-refractivity contribution in [2.45, 2.75) is 13.8 Å². The second kappa shape index (κ2) is 4.94. The summed E-state index contributed by atoms with van der Waals surface area (Å²) >= 11 is 0. The lowest BCUT2D eigenvalue weighted by Crippen LogP contribution is -2.03. The molecule has 0 saturated heterocycles. The van der Waals surface area contributed by atoms with Crippen molar-refractivity contribution in [2.75, 3.05) is 12.8 Å². The van der Waals surface area contributed by atoms with Gasteiger partial charge in [-0.1, -0.05) is 0 Å². The van der Waals surface area contributed by atoms with Crippen molar-refractivity contribution in [2.24, 2.45) is 0 Å². The van der Waals surface area contributed by atoms with Crippen LogP contribution in [-0.2, 0) is 0 Å². The van der Waals surface area contributed by atoms with E-state index in [1.165, 1.54) is 0 Å². The number of hydrogen-bond donors (Lipinski definition) is 1. The van der Waals surface area contributed by atoms with E-state index in [4.69, 9.17) is 15.7 Å². The SMILES string of the molecule is COc1ccc(-c2nc(C)c(C#N)c(N)n2)cc1C. The summed E-state index contributed by atoms with van der Waals surface area (Å²) in [4.78, 5) is 8.49. The van der Waals surface area contributed by atoms with Gasteiger partial charge in [0.1, 0.15) is 23.2 Å². The number of nitrogen functional groups attached to an aromatic ring is 1. The van der Waals surface area contributed by atoms with Gasteiger partial charge in [-0.2, -0.15) is 5.26 Å². The lowest BCUT2D eigenvalue weighted by Gasteiger charge is -2.08. The van der Waals surface area contributed by atoms with E-state index < -0.39 is 0 Å². The number of benzene rings is 1. The quantitative estimate of drug-likeness (QED) is 0.888. The van der Waals surface area contributed by atoms with Gasteiger partial charge in [0, 0.05) is 5.56 Å². The number of nitrogens with zero attached hydrogens (tertiary/aromatic N) is 3. The molecule has 1 aromatic heterocycles. The largest absolute Gasteiger partial charge is 0.496 e. The number of nitriles is 1. The highest BCUT2D eigenvalue weighted by Crippen LogP contribution is 2.25. The first-order valence-electron chi connectivity index (χ1n) is 5.76. The summed E-state index contributed by atoms with van der Waals surface area (Å²) in [5, 5.41) is 8.95. The van der Waals surface area contributed by atoms with Crippen molar-refractivity contribution in [3.05, 3.63) is 35.0 Å². The van der Waals surface area contributed by atoms with E-state index in [9.17, 15) is 0 Å². The molecule has 2 N–H and O–H groups in total. The predicted molar refractivity (Wildman–Crippen MR) is 72.6 cm³/mol. The van der Waals surface area contributed by atoms with Gasteiger partial charge in [-0.05, 0) is 37.6 Å². The fourth-order valence-corrected chi connectivity index (χ4v) is 1.88. The van der Waals surface area contributed by atoms with Crippen LogP contribution in [-0.4, -0.2) is 17.1 Å². The summed E-state index contributed by atoms with van der Waals surface area (Å²) < 4.78 is 5.21. The van der Waals surface area contributed by atoms with Crippen molar-refractivity contribution in [3.8, 4) is 23.2 Å². The number of methoxy groups -OCH3 is 1. The Morgan fingerprint density at radius 2 is 2.00 bits per heavy atom. The second-order valence-electron chi connectivity index (χ2n) is 4.19. The molecule has 0 amide bonds. The minimum absolute atomic E-state index is 0.207. The van der Waals surface area contributed by atoms with Crippen molar-refractivity contribution in [1.29, 1.82) is 5.26 Å². The monoisotopic (exact) mass is 254 g/mol. The molecule has 0 saturated carbocycles. The Labute approximate surface area is 111 Å². The Hall–Kier alpha value is -2.61. The summed E-state index contributed by atoms with van der Waals surface area (Å²) in [5.74, 6) is 1.53. The zero-order valence-corrected chi connectivity index (χ0v) is 11.1. The molecule has 2 rings (SSSR count). The van der Waals surface area contributed by atoms with Crippen LogP contribution in [0.2, 0.25) is 0 Å². The maximum Gasteiger partial charge on any atom is 0.161 e. The standard InChI is InChI=1S/C14H14N4O/c1-8-6-10(4-5-12(8)19-3)14-17-9(2)11(7-15)13(16)18-14/h4-6H,1-3H3,(H2,16,17,18). The molecule has 0 aliphatic carbocycles. The Bertz CT molecular complexity index is 651. The van der Waals surface area contributed by atoms with Crippen LogP contribution >= 0.6 is 0 Å². The minimum Gasteiger partial charge on any atom is -0.496 e. The van der Waals surface area contributed by atoms with Gasteiger partial charge in [0.05, 0.1) is 12.8 Å². The van der Waals surface area contributed by atoms with E-state index in [-0.39, 0.29) is 5.82 Å². The molecule has 2 aromatic rings. The van der Waals surface area contributed by atoms with Gasteiger partial charge in [-0.25, -0.2) is 9.97 Å². The van der Waals surface area contributed by atoms with E-state index in [2.05, 4.69) is 9.97 Å². The summed E-state index contributed by atoms with van der Waals surface area (Å²) in [6, 6.07) is 7.66. The highest BCUT2D eigenvalue weighted by molar-refractivity contribution is 5.63. The average molecular weight is 254 g/mol. The van der Waals surface area contributed by atoms with Crippen LogP contribution in [0, 0.1) is 25.2 Å². The molecule has 5 heteroatoms. The maximum absolute atomic E-state index is 8.95. The Morgan fingerprint density at radius 3 is 2.53 bits per heavy atom. The molecule has 0 atom stereocenters. The summed E-state index contributed by atoms with van der Waals surface area (Å²) in [6.45, 7) is 3.69. The van der Waals surface area contributed by atoms with Gasteiger partial charge in [0.2, 0.25) is 0 Å². The van der Waals surface area contributed by atoms with E-state index >= 15 is 0 Å². The molecule has 0 bridgehead atoms. The lowest BCUT2D eigenvalue weighted by molar-refractivity contribution is 0.412. The van der Waals surface area contributed by atoms with Crippen LogP contribution in [0.15, 0.2) is 18.2 Å². The fraction of sp³-hybridized carbons (Fsp3) is 0.214. The fourth-order valence-electron chi connectivity index (χ4n) is 1.88. The molecule has 0 radical (unpaired) electrons. The molecule has 0 fully saturated rings. The maximum atomic E-state index is 8.95. The highest BCUT2D eigenvalue weighted by Gasteiger charge is 2.11. The first-order chi connectivity index (χ1) is 9.06. The topological polar surface area (TPSA) is 84.8 Å². The van der Waals surface area contributed by atoms with Crippen molar-refractivity contribution in [1.82, 2.24) is 9.97 Å². The minimum atomic E-state index is 0.207. The lowest BCUT2D eigenvalue weighted by atomic mass is 10.1. The number of rotatable bonds is 2. The van der Waals surface area contributed by atoms with Gasteiger partial charge in [-0.15, -0.1) is 0 Å². The van der Waals surface area contributed by atoms with Gasteiger partial charge in [0.25, 0.3) is 0 Å². The third-order valence-corrected chi connectivity index (χ3v) is 2.88. The number of ether oxygens (including phenoxy) is 1. The number of aryl methyl sites for hydroxylation is 2. The first-order valence-corrected chi connectivity index (χ1v) is 5.76. The van der Waals surface area contributed by atoms with Crippen LogP contribution in [0.5, 0.6) is 5.75 Å². The number of aromatic nitrogens is 2. The molecule has 96 valence electrons. The molecule has 0 unspecified atom stereocenters. The van der Waals surface area contributed by atoms with Gasteiger partial charge >= 0.3 is 0 Å². The zero-order chi connectivity index (χ0) is 14.0. The van der Waals surface area contributed by atoms with Crippen molar-refractivity contribution >= 4 is 5.82 Å². The molecule has 1 aromatic carbocycles. The van der Waals surface area contributed by atoms with Crippen LogP contribution in [0.25, 0.3) is 11.4 Å². The van der Waals surface area contributed by atoms with Crippen molar-refractivity contribution < 1.29 is 4.74 Å². The number of hydrogen-bond acceptors (Lipinski definition) is 5. The molecule has 0 aliphatic heterocycles. The first kappa shape index (κ1) is 12.8. The summed E-state index contributed by atoms with van der Waals surface area (Å²) in [6.07, 6.45) is 0. The molecular weight excluding hydrogens is 240 g/mol. The Kier molecular flexibility index (Phi) is 3.34. The molecular formula is C14H14N4O. The molecule has 1 heterocycles. The van der Waals surface area contributed by atoms with Crippen LogP contribution in [0.4, 0.5) is 5.82 Å². The van der Waals surface area contributed by atoms with Crippen LogP contribution < -0.4 is 10.5 Å². The summed E-state index contributed by atoms with van der Waals surface area (Å²) in [5.41, 5.74) is 8.51. The van der Waals surface area contributed by atoms with E-state index in [0.717, 1.165) is 16.9 Å². The predicted octanol–water partition coefficient (Wildman–Crippen LogP) is 2.22. The Balaban J connectivity index is 2.54. The Morgan fingerprint density at radius 1 is 1.26 bits per heavy atom. The van der Waals surface area contributed by atoms with Gasteiger partial charge in [0.15, 0.2) is 5.82 Å². The zero-order valence-electron chi connectivity index (χ0n) is 11.1. The highest BCUT2D eigenvalue weighted by atomic mass is 16.5. The molecule has 0 aliphatic rings. The normalized spacial score (nSPS) is 10.0. The van der Waals surface area contributed by atoms with E-state index in [0.29, 0.717) is 17.1 Å².